The lowest BCUT2D eigenvalue weighted by Crippen LogP contribution is -2.48. The van der Waals surface area contributed by atoms with Gasteiger partial charge in [0.25, 0.3) is 0 Å². The van der Waals surface area contributed by atoms with Gasteiger partial charge in [0, 0.05) is 13.1 Å². The monoisotopic (exact) mass is 212 g/mol. The first-order valence-corrected chi connectivity index (χ1v) is 5.08. The number of rotatable bonds is 1. The van der Waals surface area contributed by atoms with Crippen LogP contribution in [0.15, 0.2) is 16.6 Å². The summed E-state index contributed by atoms with van der Waals surface area (Å²) in [5.74, 6) is 0.421. The van der Waals surface area contributed by atoms with Gasteiger partial charge in [-0.3, -0.25) is 0 Å². The van der Waals surface area contributed by atoms with Crippen LogP contribution >= 0.6 is 0 Å². The van der Waals surface area contributed by atoms with Crippen LogP contribution in [0, 0.1) is 0 Å². The molecule has 0 amide bonds. The minimum atomic E-state index is -0.147. The number of hydrogen-bond acceptors (Lipinski definition) is 5. The highest BCUT2D eigenvalue weighted by Gasteiger charge is 2.22. The molecule has 0 bridgehead atoms. The summed E-state index contributed by atoms with van der Waals surface area (Å²) in [5, 5.41) is 9.28. The fraction of sp³-hybridized carbons (Fsp3) is 0.700. The zero-order chi connectivity index (χ0) is 11.6. The lowest BCUT2D eigenvalue weighted by molar-refractivity contribution is 0.215. The molecule has 0 saturated carbocycles. The van der Waals surface area contributed by atoms with Crippen molar-refractivity contribution in [2.24, 2.45) is 16.5 Å². The van der Waals surface area contributed by atoms with E-state index in [1.54, 1.807) is 4.90 Å². The van der Waals surface area contributed by atoms with E-state index in [9.17, 15) is 5.11 Å². The molecule has 5 nitrogen and oxygen atoms in total. The van der Waals surface area contributed by atoms with Crippen LogP contribution < -0.4 is 11.5 Å². The summed E-state index contributed by atoms with van der Waals surface area (Å²) in [6, 6.07) is -0.319. The first kappa shape index (κ1) is 12.0. The molecule has 3 atom stereocenters. The summed E-state index contributed by atoms with van der Waals surface area (Å²) in [7, 11) is 1.82. The maximum atomic E-state index is 9.28. The molecule has 0 fully saturated rings. The zero-order valence-corrected chi connectivity index (χ0v) is 9.51. The predicted octanol–water partition coefficient (Wildman–Crippen LogP) is -0.730. The van der Waals surface area contributed by atoms with Gasteiger partial charge < -0.3 is 21.5 Å². The van der Waals surface area contributed by atoms with E-state index in [0.29, 0.717) is 5.96 Å². The van der Waals surface area contributed by atoms with Crippen molar-refractivity contribution in [3.8, 4) is 0 Å². The molecule has 1 rings (SSSR count). The Bertz CT molecular complexity index is 287. The summed E-state index contributed by atoms with van der Waals surface area (Å²) in [6.45, 7) is 3.88. The number of aliphatic hydroxyl groups is 1. The third kappa shape index (κ3) is 2.49. The van der Waals surface area contributed by atoms with Crippen LogP contribution in [0.3, 0.4) is 0 Å². The van der Waals surface area contributed by atoms with E-state index in [0.717, 1.165) is 5.57 Å². The number of aliphatic imine (C=N–C) groups is 1. The van der Waals surface area contributed by atoms with Crippen molar-refractivity contribution in [2.45, 2.75) is 32.0 Å². The molecule has 1 aliphatic heterocycles. The summed E-state index contributed by atoms with van der Waals surface area (Å²) in [5.41, 5.74) is 12.8. The van der Waals surface area contributed by atoms with Gasteiger partial charge in [-0.2, -0.15) is 0 Å². The number of hydrogen-bond donors (Lipinski definition) is 3. The second-order valence-electron chi connectivity index (χ2n) is 4.03. The van der Waals surface area contributed by atoms with E-state index >= 15 is 0 Å². The van der Waals surface area contributed by atoms with E-state index in [4.69, 9.17) is 11.5 Å². The molecule has 1 aliphatic rings. The molecule has 15 heavy (non-hydrogen) atoms. The summed E-state index contributed by atoms with van der Waals surface area (Å²) >= 11 is 0. The summed E-state index contributed by atoms with van der Waals surface area (Å²) in [6.07, 6.45) is 1.94. The Morgan fingerprint density at radius 3 is 2.73 bits per heavy atom. The Balaban J connectivity index is 3.04. The van der Waals surface area contributed by atoms with Crippen molar-refractivity contribution >= 4 is 5.96 Å². The number of likely N-dealkylation sites (N-methyl/N-ethyl adjacent to an activating group) is 1. The molecule has 0 saturated heterocycles. The molecular formula is C10H20N4O. The summed E-state index contributed by atoms with van der Waals surface area (Å²) < 4.78 is 0. The fourth-order valence-electron chi connectivity index (χ4n) is 1.67. The van der Waals surface area contributed by atoms with Gasteiger partial charge in [-0.15, -0.1) is 0 Å². The molecule has 5 N–H and O–H groups in total. The van der Waals surface area contributed by atoms with Crippen molar-refractivity contribution in [3.05, 3.63) is 11.6 Å². The number of aliphatic hydroxyl groups excluding tert-OH is 1. The standard InChI is InChI=1S/C10H20N4O/c1-6-4-8(11)7(2)13-10(12)14(3)9(6)5-15/h4,7-9,15H,5,11H2,1-3H3,(H2,12,13). The van der Waals surface area contributed by atoms with Gasteiger partial charge in [-0.05, 0) is 13.8 Å². The van der Waals surface area contributed by atoms with Crippen LogP contribution in [0.2, 0.25) is 0 Å². The highest BCUT2D eigenvalue weighted by Crippen LogP contribution is 2.14. The average molecular weight is 212 g/mol. The van der Waals surface area contributed by atoms with Gasteiger partial charge in [-0.25, -0.2) is 4.99 Å². The molecule has 3 unspecified atom stereocenters. The van der Waals surface area contributed by atoms with Crippen molar-refractivity contribution in [3.63, 3.8) is 0 Å². The van der Waals surface area contributed by atoms with Crippen molar-refractivity contribution < 1.29 is 5.11 Å². The van der Waals surface area contributed by atoms with E-state index in [1.807, 2.05) is 27.0 Å². The van der Waals surface area contributed by atoms with Crippen LogP contribution in [0.5, 0.6) is 0 Å². The predicted molar refractivity (Wildman–Crippen MR) is 61.5 cm³/mol. The maximum Gasteiger partial charge on any atom is 0.191 e. The Kier molecular flexibility index (Phi) is 3.71. The van der Waals surface area contributed by atoms with Gasteiger partial charge in [0.1, 0.15) is 0 Å². The first-order chi connectivity index (χ1) is 6.97. The van der Waals surface area contributed by atoms with Crippen molar-refractivity contribution in [2.75, 3.05) is 13.7 Å². The normalized spacial score (nSPS) is 32.9. The summed E-state index contributed by atoms with van der Waals surface area (Å²) in [4.78, 5) is 6.04. The van der Waals surface area contributed by atoms with E-state index in [1.165, 1.54) is 0 Å². The molecule has 1 heterocycles. The van der Waals surface area contributed by atoms with E-state index in [2.05, 4.69) is 4.99 Å². The highest BCUT2D eigenvalue weighted by atomic mass is 16.3. The largest absolute Gasteiger partial charge is 0.394 e. The Morgan fingerprint density at radius 1 is 1.60 bits per heavy atom. The quantitative estimate of drug-likeness (QED) is 0.500. The van der Waals surface area contributed by atoms with Crippen LogP contribution in [-0.2, 0) is 0 Å². The topological polar surface area (TPSA) is 87.9 Å². The SMILES string of the molecule is CC1=CC(N)C(C)N=C(N)N(C)C1CO. The van der Waals surface area contributed by atoms with Gasteiger partial charge >= 0.3 is 0 Å². The highest BCUT2D eigenvalue weighted by molar-refractivity contribution is 5.79. The molecular weight excluding hydrogens is 192 g/mol. The number of guanidine groups is 1. The van der Waals surface area contributed by atoms with Gasteiger partial charge in [-0.1, -0.05) is 11.6 Å². The molecule has 0 radical (unpaired) electrons. The molecule has 0 aromatic carbocycles. The maximum absolute atomic E-state index is 9.28. The molecule has 0 aromatic heterocycles. The first-order valence-electron chi connectivity index (χ1n) is 5.08. The third-order valence-electron chi connectivity index (χ3n) is 2.88. The van der Waals surface area contributed by atoms with Gasteiger partial charge in [0.15, 0.2) is 5.96 Å². The number of nitrogens with zero attached hydrogens (tertiary/aromatic N) is 2. The smallest absolute Gasteiger partial charge is 0.191 e. The lowest BCUT2D eigenvalue weighted by atomic mass is 10.0. The van der Waals surface area contributed by atoms with E-state index < -0.39 is 0 Å². The zero-order valence-electron chi connectivity index (χ0n) is 9.51. The van der Waals surface area contributed by atoms with Crippen LogP contribution in [0.4, 0.5) is 0 Å². The third-order valence-corrected chi connectivity index (χ3v) is 2.88. The van der Waals surface area contributed by atoms with Crippen molar-refractivity contribution in [1.29, 1.82) is 0 Å². The van der Waals surface area contributed by atoms with Crippen LogP contribution in [0.1, 0.15) is 13.8 Å². The van der Waals surface area contributed by atoms with Crippen LogP contribution in [0.25, 0.3) is 0 Å². The fourth-order valence-corrected chi connectivity index (χ4v) is 1.67. The molecule has 0 spiro atoms. The second-order valence-corrected chi connectivity index (χ2v) is 4.03. The average Bonchev–Trinajstić information content (AvgIpc) is 2.17. The molecule has 5 heteroatoms. The molecule has 0 aliphatic carbocycles. The van der Waals surface area contributed by atoms with Gasteiger partial charge in [0.05, 0.1) is 18.7 Å². The van der Waals surface area contributed by atoms with E-state index in [-0.39, 0.29) is 24.7 Å². The molecule has 0 aromatic rings. The lowest BCUT2D eigenvalue weighted by Gasteiger charge is -2.32. The second kappa shape index (κ2) is 4.63. The molecule has 86 valence electrons. The Labute approximate surface area is 90.5 Å². The Hall–Kier alpha value is -1.07. The number of nitrogens with two attached hydrogens (primary N) is 2. The van der Waals surface area contributed by atoms with Gasteiger partial charge in [0.2, 0.25) is 0 Å². The Morgan fingerprint density at radius 2 is 2.20 bits per heavy atom. The minimum Gasteiger partial charge on any atom is -0.394 e. The van der Waals surface area contributed by atoms with Crippen LogP contribution in [-0.4, -0.2) is 47.7 Å². The minimum absolute atomic E-state index is 0.0101. The van der Waals surface area contributed by atoms with Crippen molar-refractivity contribution in [1.82, 2.24) is 4.90 Å².